The summed E-state index contributed by atoms with van der Waals surface area (Å²) in [4.78, 5) is 17.8. The number of ether oxygens (including phenoxy) is 2. The average molecular weight is 443 g/mol. The quantitative estimate of drug-likeness (QED) is 0.543. The second-order valence-corrected chi connectivity index (χ2v) is 8.53. The Morgan fingerprint density at radius 3 is 2.57 bits per heavy atom. The normalized spacial score (nSPS) is 14.3. The van der Waals surface area contributed by atoms with Gasteiger partial charge in [0.2, 0.25) is 11.0 Å². The first-order valence-electron chi connectivity index (χ1n) is 9.49. The second kappa shape index (κ2) is 9.27. The number of piperazine rings is 1. The number of thiophene rings is 1. The summed E-state index contributed by atoms with van der Waals surface area (Å²) in [5.74, 6) is 1.30. The number of carbonyl (C=O) groups is 1. The molecule has 3 aromatic rings. The Kier molecular flexibility index (Phi) is 6.29. The van der Waals surface area contributed by atoms with Crippen LogP contribution in [0.2, 0.25) is 0 Å². The van der Waals surface area contributed by atoms with Gasteiger partial charge in [-0.1, -0.05) is 23.5 Å². The van der Waals surface area contributed by atoms with Gasteiger partial charge in [0.25, 0.3) is 0 Å². The second-order valence-electron chi connectivity index (χ2n) is 6.63. The third kappa shape index (κ3) is 4.47. The van der Waals surface area contributed by atoms with Gasteiger partial charge in [0.05, 0.1) is 19.1 Å². The van der Waals surface area contributed by atoms with Crippen LogP contribution in [-0.4, -0.2) is 61.4 Å². The van der Waals surface area contributed by atoms with Gasteiger partial charge in [0.1, 0.15) is 0 Å². The average Bonchev–Trinajstić information content (AvgIpc) is 3.49. The van der Waals surface area contributed by atoms with Gasteiger partial charge in [-0.25, -0.2) is 0 Å². The van der Waals surface area contributed by atoms with Crippen molar-refractivity contribution in [2.45, 2.75) is 0 Å². The number of benzene rings is 1. The van der Waals surface area contributed by atoms with E-state index in [1.165, 1.54) is 0 Å². The molecule has 4 rings (SSSR count). The molecule has 1 aromatic carbocycles. The standard InChI is InChI=1S/C21H22N4O3S2/c1-27-16-7-5-15(14-17(16)28-2)6-8-19(26)24-9-11-25(12-10-24)21-23-22-20(30-21)18-4-3-13-29-18/h3-8,13-14H,9-12H2,1-2H3/b8-6+. The number of anilines is 1. The van der Waals surface area contributed by atoms with Crippen LogP contribution in [0.1, 0.15) is 5.56 Å². The molecule has 0 aliphatic carbocycles. The molecule has 1 fully saturated rings. The lowest BCUT2D eigenvalue weighted by molar-refractivity contribution is -0.126. The fourth-order valence-corrected chi connectivity index (χ4v) is 4.88. The van der Waals surface area contributed by atoms with Crippen molar-refractivity contribution in [1.29, 1.82) is 0 Å². The largest absolute Gasteiger partial charge is 0.493 e. The molecule has 0 atom stereocenters. The minimum absolute atomic E-state index is 0.000901. The molecule has 0 radical (unpaired) electrons. The van der Waals surface area contributed by atoms with Crippen LogP contribution in [0, 0.1) is 0 Å². The summed E-state index contributed by atoms with van der Waals surface area (Å²) in [6, 6.07) is 9.64. The molecule has 7 nitrogen and oxygen atoms in total. The Hall–Kier alpha value is -2.91. The van der Waals surface area contributed by atoms with Crippen LogP contribution in [0.5, 0.6) is 11.5 Å². The maximum atomic E-state index is 12.6. The number of nitrogens with zero attached hydrogens (tertiary/aromatic N) is 4. The Balaban J connectivity index is 1.34. The van der Waals surface area contributed by atoms with Gasteiger partial charge < -0.3 is 19.3 Å². The third-order valence-corrected chi connectivity index (χ3v) is 6.86. The highest BCUT2D eigenvalue weighted by Gasteiger charge is 2.22. The lowest BCUT2D eigenvalue weighted by atomic mass is 10.2. The van der Waals surface area contributed by atoms with Crippen LogP contribution in [0.3, 0.4) is 0 Å². The van der Waals surface area contributed by atoms with Crippen molar-refractivity contribution in [1.82, 2.24) is 15.1 Å². The minimum atomic E-state index is 0.000901. The van der Waals surface area contributed by atoms with E-state index in [1.54, 1.807) is 49.0 Å². The molecular formula is C21H22N4O3S2. The monoisotopic (exact) mass is 442 g/mol. The zero-order valence-electron chi connectivity index (χ0n) is 16.8. The lowest BCUT2D eigenvalue weighted by Crippen LogP contribution is -2.48. The summed E-state index contributed by atoms with van der Waals surface area (Å²) in [5.41, 5.74) is 0.884. The van der Waals surface area contributed by atoms with Gasteiger partial charge in [-0.15, -0.1) is 21.5 Å². The van der Waals surface area contributed by atoms with E-state index in [4.69, 9.17) is 9.47 Å². The SMILES string of the molecule is COc1ccc(/C=C/C(=O)N2CCN(c3nnc(-c4cccs4)s3)CC2)cc1OC. The predicted octanol–water partition coefficient (Wildman–Crippen LogP) is 3.65. The topological polar surface area (TPSA) is 67.8 Å². The van der Waals surface area contributed by atoms with Crippen molar-refractivity contribution >= 4 is 39.8 Å². The molecule has 1 aliphatic rings. The summed E-state index contributed by atoms with van der Waals surface area (Å²) in [7, 11) is 3.19. The Morgan fingerprint density at radius 2 is 1.87 bits per heavy atom. The zero-order chi connectivity index (χ0) is 20.9. The van der Waals surface area contributed by atoms with E-state index >= 15 is 0 Å². The maximum absolute atomic E-state index is 12.6. The zero-order valence-corrected chi connectivity index (χ0v) is 18.4. The Labute approximate surface area is 183 Å². The van der Waals surface area contributed by atoms with Gasteiger partial charge in [0.15, 0.2) is 16.5 Å². The van der Waals surface area contributed by atoms with Crippen LogP contribution in [0.15, 0.2) is 41.8 Å². The van der Waals surface area contributed by atoms with E-state index in [1.807, 2.05) is 34.5 Å². The van der Waals surface area contributed by atoms with E-state index in [2.05, 4.69) is 21.2 Å². The molecule has 0 spiro atoms. The molecule has 0 unspecified atom stereocenters. The Morgan fingerprint density at radius 1 is 1.07 bits per heavy atom. The number of aromatic nitrogens is 2. The van der Waals surface area contributed by atoms with Gasteiger partial charge >= 0.3 is 0 Å². The van der Waals surface area contributed by atoms with Crippen LogP contribution in [0.4, 0.5) is 5.13 Å². The molecule has 0 N–H and O–H groups in total. The van der Waals surface area contributed by atoms with E-state index in [0.717, 1.165) is 33.7 Å². The highest BCUT2D eigenvalue weighted by atomic mass is 32.1. The van der Waals surface area contributed by atoms with Gasteiger partial charge in [-0.05, 0) is 35.2 Å². The first-order valence-corrected chi connectivity index (χ1v) is 11.2. The number of methoxy groups -OCH3 is 2. The van der Waals surface area contributed by atoms with Crippen LogP contribution in [0.25, 0.3) is 16.0 Å². The smallest absolute Gasteiger partial charge is 0.246 e. The molecule has 3 heterocycles. The van der Waals surface area contributed by atoms with E-state index in [-0.39, 0.29) is 5.91 Å². The van der Waals surface area contributed by atoms with E-state index in [9.17, 15) is 4.79 Å². The van der Waals surface area contributed by atoms with Gasteiger partial charge in [0, 0.05) is 32.3 Å². The van der Waals surface area contributed by atoms with Crippen molar-refractivity contribution in [2.75, 3.05) is 45.3 Å². The first kappa shape index (κ1) is 20.4. The number of amides is 1. The Bertz CT molecular complexity index is 1020. The molecule has 156 valence electrons. The number of carbonyl (C=O) groups excluding carboxylic acids is 1. The van der Waals surface area contributed by atoms with Crippen LogP contribution < -0.4 is 14.4 Å². The molecule has 1 saturated heterocycles. The van der Waals surface area contributed by atoms with Crippen LogP contribution in [-0.2, 0) is 4.79 Å². The lowest BCUT2D eigenvalue weighted by Gasteiger charge is -2.33. The van der Waals surface area contributed by atoms with Gasteiger partial charge in [-0.3, -0.25) is 4.79 Å². The first-order chi connectivity index (χ1) is 14.7. The summed E-state index contributed by atoms with van der Waals surface area (Å²) in [5, 5.41) is 12.5. The summed E-state index contributed by atoms with van der Waals surface area (Å²) >= 11 is 3.26. The van der Waals surface area contributed by atoms with Crippen LogP contribution >= 0.6 is 22.7 Å². The third-order valence-electron chi connectivity index (χ3n) is 4.83. The highest BCUT2D eigenvalue weighted by molar-refractivity contribution is 7.22. The molecule has 1 amide bonds. The highest BCUT2D eigenvalue weighted by Crippen LogP contribution is 2.32. The van der Waals surface area contributed by atoms with Crippen molar-refractivity contribution in [2.24, 2.45) is 0 Å². The van der Waals surface area contributed by atoms with Crippen molar-refractivity contribution in [3.05, 3.63) is 47.4 Å². The molecule has 30 heavy (non-hydrogen) atoms. The molecular weight excluding hydrogens is 420 g/mol. The fourth-order valence-electron chi connectivity index (χ4n) is 3.19. The van der Waals surface area contributed by atoms with E-state index < -0.39 is 0 Å². The van der Waals surface area contributed by atoms with Gasteiger partial charge in [-0.2, -0.15) is 0 Å². The predicted molar refractivity (Wildman–Crippen MR) is 121 cm³/mol. The summed E-state index contributed by atoms with van der Waals surface area (Å²) in [6.45, 7) is 2.80. The fraction of sp³-hybridized carbons (Fsp3) is 0.286. The molecule has 2 aromatic heterocycles. The van der Waals surface area contributed by atoms with E-state index in [0.29, 0.717) is 24.6 Å². The van der Waals surface area contributed by atoms with Crippen molar-refractivity contribution in [3.63, 3.8) is 0 Å². The summed E-state index contributed by atoms with van der Waals surface area (Å²) in [6.07, 6.45) is 3.41. The molecule has 0 bridgehead atoms. The van der Waals surface area contributed by atoms with Crippen molar-refractivity contribution < 1.29 is 14.3 Å². The van der Waals surface area contributed by atoms with Crippen molar-refractivity contribution in [3.8, 4) is 21.4 Å². The molecule has 9 heteroatoms. The minimum Gasteiger partial charge on any atom is -0.493 e. The summed E-state index contributed by atoms with van der Waals surface area (Å²) < 4.78 is 10.6. The molecule has 1 aliphatic heterocycles. The number of hydrogen-bond acceptors (Lipinski definition) is 8. The molecule has 0 saturated carbocycles. The number of hydrogen-bond donors (Lipinski definition) is 0. The number of rotatable bonds is 6. The maximum Gasteiger partial charge on any atom is 0.246 e.